The van der Waals surface area contributed by atoms with Gasteiger partial charge in [-0.2, -0.15) is 0 Å². The summed E-state index contributed by atoms with van der Waals surface area (Å²) in [6.07, 6.45) is 3.44. The van der Waals surface area contributed by atoms with E-state index in [2.05, 4.69) is 15.3 Å². The van der Waals surface area contributed by atoms with Gasteiger partial charge in [-0.1, -0.05) is 19.9 Å². The van der Waals surface area contributed by atoms with Gasteiger partial charge in [-0.3, -0.25) is 9.78 Å². The molecule has 2 heterocycles. The van der Waals surface area contributed by atoms with Gasteiger partial charge < -0.3 is 9.73 Å². The molecule has 5 heteroatoms. The fourth-order valence-corrected chi connectivity index (χ4v) is 1.85. The van der Waals surface area contributed by atoms with Gasteiger partial charge in [0, 0.05) is 18.3 Å². The molecule has 0 aliphatic rings. The van der Waals surface area contributed by atoms with Crippen molar-refractivity contribution in [2.24, 2.45) is 0 Å². The van der Waals surface area contributed by atoms with Crippen molar-refractivity contribution >= 4 is 5.91 Å². The van der Waals surface area contributed by atoms with Crippen molar-refractivity contribution in [1.82, 2.24) is 15.3 Å². The number of aromatic nitrogens is 2. The second kappa shape index (κ2) is 5.86. The lowest BCUT2D eigenvalue weighted by Crippen LogP contribution is -2.27. The van der Waals surface area contributed by atoms with Crippen molar-refractivity contribution in [3.63, 3.8) is 0 Å². The first-order valence-corrected chi connectivity index (χ1v) is 6.67. The summed E-state index contributed by atoms with van der Waals surface area (Å²) in [7, 11) is 0. The summed E-state index contributed by atoms with van der Waals surface area (Å²) in [5, 5.41) is 2.90. The number of pyridine rings is 1. The van der Waals surface area contributed by atoms with E-state index in [9.17, 15) is 4.79 Å². The lowest BCUT2D eigenvalue weighted by molar-refractivity contribution is 0.0934. The standard InChI is InChI=1S/C15H19N3O2/c1-9(2)15-18-13(11(4)20-15)14(19)17-10(3)12-6-5-7-16-8-12/h5-10H,1-4H3,(H,17,19)/t10-/m1/s1. The molecule has 0 saturated heterocycles. The first kappa shape index (κ1) is 14.2. The Bertz CT molecular complexity index is 590. The van der Waals surface area contributed by atoms with Crippen LogP contribution in [0.5, 0.6) is 0 Å². The maximum atomic E-state index is 12.2. The fourth-order valence-electron chi connectivity index (χ4n) is 1.85. The van der Waals surface area contributed by atoms with E-state index in [-0.39, 0.29) is 17.9 Å². The number of carbonyl (C=O) groups is 1. The molecule has 0 unspecified atom stereocenters. The average Bonchev–Trinajstić information content (AvgIpc) is 2.82. The zero-order valence-corrected chi connectivity index (χ0v) is 12.2. The molecule has 106 valence electrons. The summed E-state index contributed by atoms with van der Waals surface area (Å²) in [6, 6.07) is 3.64. The van der Waals surface area contributed by atoms with Gasteiger partial charge in [0.05, 0.1) is 6.04 Å². The number of rotatable bonds is 4. The van der Waals surface area contributed by atoms with Crippen molar-refractivity contribution in [3.8, 4) is 0 Å². The number of amides is 1. The van der Waals surface area contributed by atoms with Crippen LogP contribution in [0, 0.1) is 6.92 Å². The number of nitrogens with zero attached hydrogens (tertiary/aromatic N) is 2. The largest absolute Gasteiger partial charge is 0.445 e. The summed E-state index contributed by atoms with van der Waals surface area (Å²) < 4.78 is 5.50. The second-order valence-electron chi connectivity index (χ2n) is 5.09. The molecule has 20 heavy (non-hydrogen) atoms. The fraction of sp³-hybridized carbons (Fsp3) is 0.400. The van der Waals surface area contributed by atoms with Gasteiger partial charge in [0.2, 0.25) is 0 Å². The molecule has 1 N–H and O–H groups in total. The van der Waals surface area contributed by atoms with Crippen molar-refractivity contribution in [2.45, 2.75) is 39.7 Å². The van der Waals surface area contributed by atoms with Gasteiger partial charge in [0.15, 0.2) is 11.6 Å². The molecule has 0 aromatic carbocycles. The number of carbonyl (C=O) groups excluding carboxylic acids is 1. The van der Waals surface area contributed by atoms with E-state index in [1.54, 1.807) is 19.3 Å². The number of hydrogen-bond acceptors (Lipinski definition) is 4. The van der Waals surface area contributed by atoms with Crippen LogP contribution in [0.15, 0.2) is 28.9 Å². The Morgan fingerprint density at radius 3 is 2.65 bits per heavy atom. The number of oxazole rings is 1. The lowest BCUT2D eigenvalue weighted by Gasteiger charge is -2.12. The minimum absolute atomic E-state index is 0.130. The monoisotopic (exact) mass is 273 g/mol. The van der Waals surface area contributed by atoms with Crippen LogP contribution in [0.25, 0.3) is 0 Å². The molecule has 5 nitrogen and oxygen atoms in total. The Hall–Kier alpha value is -2.17. The first-order chi connectivity index (χ1) is 9.49. The number of aryl methyl sites for hydroxylation is 1. The van der Waals surface area contributed by atoms with Crippen LogP contribution in [0.4, 0.5) is 0 Å². The van der Waals surface area contributed by atoms with Gasteiger partial charge >= 0.3 is 0 Å². The highest BCUT2D eigenvalue weighted by Crippen LogP contribution is 2.18. The molecule has 2 aromatic rings. The Morgan fingerprint density at radius 2 is 2.10 bits per heavy atom. The van der Waals surface area contributed by atoms with Crippen LogP contribution in [-0.2, 0) is 0 Å². The highest BCUT2D eigenvalue weighted by atomic mass is 16.4. The Kier molecular flexibility index (Phi) is 4.17. The molecule has 0 fully saturated rings. The zero-order chi connectivity index (χ0) is 14.7. The molecule has 2 rings (SSSR count). The molecule has 2 aromatic heterocycles. The third kappa shape index (κ3) is 3.04. The summed E-state index contributed by atoms with van der Waals surface area (Å²) in [5.74, 6) is 1.06. The zero-order valence-electron chi connectivity index (χ0n) is 12.2. The summed E-state index contributed by atoms with van der Waals surface area (Å²) in [6.45, 7) is 7.62. The highest BCUT2D eigenvalue weighted by Gasteiger charge is 2.20. The van der Waals surface area contributed by atoms with E-state index < -0.39 is 0 Å². The Balaban J connectivity index is 2.12. The van der Waals surface area contributed by atoms with Crippen LogP contribution in [0.2, 0.25) is 0 Å². The maximum absolute atomic E-state index is 12.2. The molecule has 1 amide bonds. The van der Waals surface area contributed by atoms with E-state index in [1.807, 2.05) is 32.9 Å². The van der Waals surface area contributed by atoms with E-state index in [0.717, 1.165) is 5.56 Å². The molecule has 0 radical (unpaired) electrons. The topological polar surface area (TPSA) is 68.0 Å². The molecule has 0 spiro atoms. The molecular weight excluding hydrogens is 254 g/mol. The molecule has 1 atom stereocenters. The lowest BCUT2D eigenvalue weighted by atomic mass is 10.1. The van der Waals surface area contributed by atoms with Gasteiger partial charge in [-0.25, -0.2) is 4.98 Å². The predicted octanol–water partition coefficient (Wildman–Crippen LogP) is 2.99. The molecular formula is C15H19N3O2. The Morgan fingerprint density at radius 1 is 1.35 bits per heavy atom. The smallest absolute Gasteiger partial charge is 0.274 e. The van der Waals surface area contributed by atoms with Crippen molar-refractivity contribution in [2.75, 3.05) is 0 Å². The third-order valence-corrected chi connectivity index (χ3v) is 3.05. The van der Waals surface area contributed by atoms with Crippen molar-refractivity contribution in [1.29, 1.82) is 0 Å². The third-order valence-electron chi connectivity index (χ3n) is 3.05. The van der Waals surface area contributed by atoms with Gasteiger partial charge in [-0.05, 0) is 25.5 Å². The SMILES string of the molecule is Cc1oc(C(C)C)nc1C(=O)N[C@H](C)c1cccnc1. The highest BCUT2D eigenvalue weighted by molar-refractivity contribution is 5.93. The first-order valence-electron chi connectivity index (χ1n) is 6.67. The van der Waals surface area contributed by atoms with E-state index in [1.165, 1.54) is 0 Å². The number of hydrogen-bond donors (Lipinski definition) is 1. The van der Waals surface area contributed by atoms with Crippen molar-refractivity contribution < 1.29 is 9.21 Å². The quantitative estimate of drug-likeness (QED) is 0.929. The number of nitrogens with one attached hydrogen (secondary N) is 1. The van der Waals surface area contributed by atoms with E-state index in [0.29, 0.717) is 17.3 Å². The van der Waals surface area contributed by atoms with Crippen LogP contribution in [-0.4, -0.2) is 15.9 Å². The minimum Gasteiger partial charge on any atom is -0.445 e. The summed E-state index contributed by atoms with van der Waals surface area (Å²) in [5.41, 5.74) is 1.30. The Labute approximate surface area is 118 Å². The van der Waals surface area contributed by atoms with Crippen LogP contribution in [0.1, 0.15) is 60.4 Å². The minimum atomic E-state index is -0.227. The molecule has 0 saturated carbocycles. The summed E-state index contributed by atoms with van der Waals surface area (Å²) >= 11 is 0. The van der Waals surface area contributed by atoms with Gasteiger partial charge in [0.25, 0.3) is 5.91 Å². The van der Waals surface area contributed by atoms with Gasteiger partial charge in [-0.15, -0.1) is 0 Å². The summed E-state index contributed by atoms with van der Waals surface area (Å²) in [4.78, 5) is 20.5. The van der Waals surface area contributed by atoms with E-state index in [4.69, 9.17) is 4.42 Å². The predicted molar refractivity (Wildman–Crippen MR) is 75.4 cm³/mol. The van der Waals surface area contributed by atoms with E-state index >= 15 is 0 Å². The van der Waals surface area contributed by atoms with Gasteiger partial charge in [0.1, 0.15) is 5.76 Å². The van der Waals surface area contributed by atoms with Crippen LogP contribution < -0.4 is 5.32 Å². The maximum Gasteiger partial charge on any atom is 0.274 e. The average molecular weight is 273 g/mol. The molecule has 0 bridgehead atoms. The van der Waals surface area contributed by atoms with Crippen LogP contribution >= 0.6 is 0 Å². The van der Waals surface area contributed by atoms with Crippen molar-refractivity contribution in [3.05, 3.63) is 47.4 Å². The second-order valence-corrected chi connectivity index (χ2v) is 5.09. The normalized spacial score (nSPS) is 12.4. The molecule has 0 aliphatic carbocycles. The molecule has 0 aliphatic heterocycles. The van der Waals surface area contributed by atoms with Crippen LogP contribution in [0.3, 0.4) is 0 Å².